The maximum Gasteiger partial charge on any atom is 0.310 e. The number of hydrogen-bond acceptors (Lipinski definition) is 4. The van der Waals surface area contributed by atoms with E-state index in [1.54, 1.807) is 0 Å². The molecule has 4 heteroatoms. The highest BCUT2D eigenvalue weighted by Gasteiger charge is 2.25. The summed E-state index contributed by atoms with van der Waals surface area (Å²) >= 11 is 0. The molecule has 1 fully saturated rings. The molecular weight excluding hydrogens is 218 g/mol. The number of carbonyl (C=O) groups excluding carboxylic acids is 1. The fourth-order valence-corrected chi connectivity index (χ4v) is 2.01. The van der Waals surface area contributed by atoms with Crippen LogP contribution in [0.15, 0.2) is 0 Å². The zero-order valence-electron chi connectivity index (χ0n) is 11.4. The first-order valence-electron chi connectivity index (χ1n) is 6.60. The highest BCUT2D eigenvalue weighted by molar-refractivity contribution is 5.72. The summed E-state index contributed by atoms with van der Waals surface area (Å²) in [6.45, 7) is 9.10. The summed E-state index contributed by atoms with van der Waals surface area (Å²) in [5, 5.41) is 3.36. The first-order chi connectivity index (χ1) is 8.04. The number of nitrogens with one attached hydrogen (secondary N) is 1. The van der Waals surface area contributed by atoms with Crippen molar-refractivity contribution in [3.8, 4) is 0 Å². The van der Waals surface area contributed by atoms with Crippen LogP contribution in [0.25, 0.3) is 0 Å². The van der Waals surface area contributed by atoms with E-state index in [1.165, 1.54) is 0 Å². The van der Waals surface area contributed by atoms with Crippen molar-refractivity contribution < 1.29 is 14.3 Å². The van der Waals surface area contributed by atoms with Crippen LogP contribution in [-0.2, 0) is 14.3 Å². The maximum atomic E-state index is 11.5. The monoisotopic (exact) mass is 243 g/mol. The molecule has 0 spiro atoms. The van der Waals surface area contributed by atoms with E-state index < -0.39 is 0 Å². The Balaban J connectivity index is 2.24. The smallest absolute Gasteiger partial charge is 0.310 e. The van der Waals surface area contributed by atoms with Crippen LogP contribution in [-0.4, -0.2) is 37.4 Å². The molecule has 4 atom stereocenters. The van der Waals surface area contributed by atoms with Crippen LogP contribution in [0.1, 0.15) is 40.5 Å². The third-order valence-corrected chi connectivity index (χ3v) is 3.40. The van der Waals surface area contributed by atoms with Crippen molar-refractivity contribution in [1.82, 2.24) is 5.32 Å². The van der Waals surface area contributed by atoms with Crippen LogP contribution in [0, 0.1) is 5.92 Å². The number of hydrogen-bond donors (Lipinski definition) is 1. The van der Waals surface area contributed by atoms with Gasteiger partial charge < -0.3 is 14.8 Å². The van der Waals surface area contributed by atoms with Crippen LogP contribution in [0.4, 0.5) is 0 Å². The Morgan fingerprint density at radius 3 is 2.71 bits per heavy atom. The van der Waals surface area contributed by atoms with Gasteiger partial charge in [-0.2, -0.15) is 0 Å². The molecule has 1 aliphatic rings. The summed E-state index contributed by atoms with van der Waals surface area (Å²) in [7, 11) is 0. The molecule has 0 saturated carbocycles. The van der Waals surface area contributed by atoms with E-state index in [9.17, 15) is 4.79 Å². The first kappa shape index (κ1) is 14.5. The predicted molar refractivity (Wildman–Crippen MR) is 66.8 cm³/mol. The summed E-state index contributed by atoms with van der Waals surface area (Å²) in [5.74, 6) is -0.248. The Labute approximate surface area is 104 Å². The van der Waals surface area contributed by atoms with Gasteiger partial charge in [-0.15, -0.1) is 0 Å². The van der Waals surface area contributed by atoms with Crippen molar-refractivity contribution in [3.05, 3.63) is 0 Å². The van der Waals surface area contributed by atoms with E-state index in [0.717, 1.165) is 19.4 Å². The molecule has 4 nitrogen and oxygen atoms in total. The van der Waals surface area contributed by atoms with Gasteiger partial charge in [0.05, 0.1) is 24.7 Å². The van der Waals surface area contributed by atoms with Crippen molar-refractivity contribution in [1.29, 1.82) is 0 Å². The maximum absolute atomic E-state index is 11.5. The molecule has 17 heavy (non-hydrogen) atoms. The largest absolute Gasteiger partial charge is 0.466 e. The molecule has 1 aliphatic heterocycles. The van der Waals surface area contributed by atoms with E-state index in [2.05, 4.69) is 12.2 Å². The normalized spacial score (nSPS) is 27.8. The molecule has 0 aliphatic carbocycles. The number of rotatable bonds is 6. The predicted octanol–water partition coefficient (Wildman–Crippen LogP) is 1.73. The molecule has 0 bridgehead atoms. The average Bonchev–Trinajstić information content (AvgIpc) is 2.71. The third kappa shape index (κ3) is 4.64. The van der Waals surface area contributed by atoms with Crippen LogP contribution in [0.2, 0.25) is 0 Å². The molecule has 0 radical (unpaired) electrons. The molecule has 0 amide bonds. The minimum absolute atomic E-state index is 0.117. The standard InChI is InChI=1S/C13H25NO3/c1-5-16-13(15)10(3)11(4)14-8-12-7-6-9(2)17-12/h9-12,14H,5-8H2,1-4H3/t9-,10-,11+,12+/m1/s1. The number of ether oxygens (including phenoxy) is 2. The quantitative estimate of drug-likeness (QED) is 0.722. The van der Waals surface area contributed by atoms with Crippen molar-refractivity contribution in [2.75, 3.05) is 13.2 Å². The second-order valence-electron chi connectivity index (χ2n) is 4.88. The molecule has 1 heterocycles. The topological polar surface area (TPSA) is 47.6 Å². The van der Waals surface area contributed by atoms with Crippen molar-refractivity contribution in [2.24, 2.45) is 5.92 Å². The van der Waals surface area contributed by atoms with Crippen LogP contribution in [0.5, 0.6) is 0 Å². The van der Waals surface area contributed by atoms with Gasteiger partial charge in [-0.25, -0.2) is 0 Å². The minimum Gasteiger partial charge on any atom is -0.466 e. The van der Waals surface area contributed by atoms with Crippen molar-refractivity contribution in [3.63, 3.8) is 0 Å². The number of esters is 1. The van der Waals surface area contributed by atoms with E-state index in [4.69, 9.17) is 9.47 Å². The molecule has 100 valence electrons. The molecule has 0 aromatic rings. The van der Waals surface area contributed by atoms with Crippen LogP contribution >= 0.6 is 0 Å². The van der Waals surface area contributed by atoms with Crippen LogP contribution < -0.4 is 5.32 Å². The van der Waals surface area contributed by atoms with Gasteiger partial charge in [0.15, 0.2) is 0 Å². The Morgan fingerprint density at radius 2 is 2.18 bits per heavy atom. The summed E-state index contributed by atoms with van der Waals surface area (Å²) in [4.78, 5) is 11.5. The van der Waals surface area contributed by atoms with Gasteiger partial charge in [0.1, 0.15) is 0 Å². The number of carbonyl (C=O) groups is 1. The van der Waals surface area contributed by atoms with E-state index in [0.29, 0.717) is 18.8 Å². The molecule has 1 rings (SSSR count). The lowest BCUT2D eigenvalue weighted by Gasteiger charge is -2.21. The fraction of sp³-hybridized carbons (Fsp3) is 0.923. The second kappa shape index (κ2) is 6.97. The van der Waals surface area contributed by atoms with Gasteiger partial charge in [-0.05, 0) is 33.6 Å². The van der Waals surface area contributed by atoms with E-state index in [-0.39, 0.29) is 17.9 Å². The molecule has 0 aromatic carbocycles. The molecule has 0 aromatic heterocycles. The minimum atomic E-state index is -0.131. The van der Waals surface area contributed by atoms with Gasteiger partial charge in [0, 0.05) is 12.6 Å². The summed E-state index contributed by atoms with van der Waals surface area (Å²) in [6.07, 6.45) is 2.91. The Morgan fingerprint density at radius 1 is 1.47 bits per heavy atom. The third-order valence-electron chi connectivity index (χ3n) is 3.40. The average molecular weight is 243 g/mol. The lowest BCUT2D eigenvalue weighted by atomic mass is 10.0. The lowest BCUT2D eigenvalue weighted by molar-refractivity contribution is -0.148. The summed E-state index contributed by atoms with van der Waals surface area (Å²) in [6, 6.07) is 0.119. The zero-order valence-corrected chi connectivity index (χ0v) is 11.4. The molecule has 1 N–H and O–H groups in total. The Kier molecular flexibility index (Phi) is 5.92. The summed E-state index contributed by atoms with van der Waals surface area (Å²) in [5.41, 5.74) is 0. The van der Waals surface area contributed by atoms with E-state index in [1.807, 2.05) is 20.8 Å². The van der Waals surface area contributed by atoms with Gasteiger partial charge in [-0.1, -0.05) is 6.92 Å². The highest BCUT2D eigenvalue weighted by Crippen LogP contribution is 2.18. The van der Waals surface area contributed by atoms with E-state index >= 15 is 0 Å². The van der Waals surface area contributed by atoms with Gasteiger partial charge in [-0.3, -0.25) is 4.79 Å². The zero-order chi connectivity index (χ0) is 12.8. The van der Waals surface area contributed by atoms with Gasteiger partial charge in [0.25, 0.3) is 0 Å². The molecule has 0 unspecified atom stereocenters. The molecular formula is C13H25NO3. The lowest BCUT2D eigenvalue weighted by Crippen LogP contribution is -2.40. The SMILES string of the molecule is CCOC(=O)[C@H](C)[C@H](C)NC[C@@H]1CC[C@@H](C)O1. The second-order valence-corrected chi connectivity index (χ2v) is 4.88. The first-order valence-corrected chi connectivity index (χ1v) is 6.60. The highest BCUT2D eigenvalue weighted by atomic mass is 16.5. The Hall–Kier alpha value is -0.610. The fourth-order valence-electron chi connectivity index (χ4n) is 2.01. The summed E-state index contributed by atoms with van der Waals surface area (Å²) < 4.78 is 10.7. The molecule has 1 saturated heterocycles. The van der Waals surface area contributed by atoms with Crippen molar-refractivity contribution >= 4 is 5.97 Å². The Bertz CT molecular complexity index is 245. The van der Waals surface area contributed by atoms with Gasteiger partial charge >= 0.3 is 5.97 Å². The van der Waals surface area contributed by atoms with Gasteiger partial charge in [0.2, 0.25) is 0 Å². The van der Waals surface area contributed by atoms with Crippen LogP contribution in [0.3, 0.4) is 0 Å². The van der Waals surface area contributed by atoms with Crippen molar-refractivity contribution in [2.45, 2.75) is 58.8 Å².